The Labute approximate surface area is 67.2 Å². The molecule has 1 aliphatic rings. The van der Waals surface area contributed by atoms with E-state index in [0.29, 0.717) is 0 Å². The molecular weight excluding hydrogens is 119 g/mol. The highest BCUT2D eigenvalue weighted by atomic mass is 14.9. The van der Waals surface area contributed by atoms with Crippen molar-refractivity contribution in [2.75, 3.05) is 13.1 Å². The summed E-state index contributed by atoms with van der Waals surface area (Å²) in [5.74, 6) is 0. The highest BCUT2D eigenvalue weighted by Crippen LogP contribution is 1.90. The fourth-order valence-electron chi connectivity index (χ4n) is 0.761. The molecule has 0 spiro atoms. The highest BCUT2D eigenvalue weighted by molar-refractivity contribution is 7.23. The fourth-order valence-corrected chi connectivity index (χ4v) is 0.761. The Balaban J connectivity index is 0.000000162. The lowest BCUT2D eigenvalue weighted by Gasteiger charge is -1.76. The van der Waals surface area contributed by atoms with Crippen LogP contribution in [0.5, 0.6) is 0 Å². The van der Waals surface area contributed by atoms with E-state index < -0.39 is 0 Å². The van der Waals surface area contributed by atoms with E-state index in [1.165, 1.54) is 25.9 Å². The first kappa shape index (κ1) is 10.2. The van der Waals surface area contributed by atoms with E-state index in [1.807, 2.05) is 14.1 Å². The van der Waals surface area contributed by atoms with E-state index in [4.69, 9.17) is 7.74 Å². The first-order valence-electron chi connectivity index (χ1n) is 3.99. The Bertz CT molecular complexity index is 47.3. The van der Waals surface area contributed by atoms with Gasteiger partial charge in [0.25, 0.3) is 0 Å². The van der Waals surface area contributed by atoms with Crippen molar-refractivity contribution < 1.29 is 0 Å². The standard InChI is InChI=1S/C4H9N.C2H5B3/c1-2-4-5-3-1;1-2-4-5-3/h5H,1-4H2;2H2,1H3. The van der Waals surface area contributed by atoms with Crippen LogP contribution in [0.25, 0.3) is 0 Å². The van der Waals surface area contributed by atoms with Gasteiger partial charge in [-0.3, -0.25) is 0 Å². The molecule has 0 atom stereocenters. The molecular formula is C6H14B3N. The van der Waals surface area contributed by atoms with E-state index in [1.54, 1.807) is 7.06 Å². The molecule has 0 aromatic carbocycles. The Hall–Kier alpha value is 0.155. The molecule has 0 aromatic heterocycles. The summed E-state index contributed by atoms with van der Waals surface area (Å²) < 4.78 is 0. The first-order valence-corrected chi connectivity index (χ1v) is 3.99. The van der Waals surface area contributed by atoms with Crippen LogP contribution in [-0.2, 0) is 0 Å². The van der Waals surface area contributed by atoms with Crippen LogP contribution in [0.2, 0.25) is 6.32 Å². The summed E-state index contributed by atoms with van der Waals surface area (Å²) in [6.45, 7) is 4.54. The maximum Gasteiger partial charge on any atom is 0.0541 e. The minimum atomic E-state index is 1.04. The average Bonchev–Trinajstić information content (AvgIpc) is 2.44. The summed E-state index contributed by atoms with van der Waals surface area (Å²) in [4.78, 5) is 0. The third-order valence-electron chi connectivity index (χ3n) is 1.33. The molecule has 1 aliphatic heterocycles. The molecule has 52 valence electrons. The SMILES string of the molecule is C1CCNC1.[B][B][B]CC. The second-order valence-electron chi connectivity index (χ2n) is 2.29. The molecule has 0 bridgehead atoms. The predicted molar refractivity (Wildman–Crippen MR) is 49.8 cm³/mol. The zero-order valence-electron chi connectivity index (χ0n) is 6.77. The molecule has 1 nitrogen and oxygen atoms in total. The second-order valence-corrected chi connectivity index (χ2v) is 2.29. The largest absolute Gasteiger partial charge is 0.317 e. The molecule has 1 fully saturated rings. The highest BCUT2D eigenvalue weighted by Gasteiger charge is 1.93. The molecule has 0 amide bonds. The van der Waals surface area contributed by atoms with Gasteiger partial charge in [0.1, 0.15) is 0 Å². The van der Waals surface area contributed by atoms with Crippen molar-refractivity contribution in [1.82, 2.24) is 5.32 Å². The van der Waals surface area contributed by atoms with Crippen LogP contribution >= 0.6 is 0 Å². The third kappa shape index (κ3) is 8.15. The second kappa shape index (κ2) is 9.15. The summed E-state index contributed by atoms with van der Waals surface area (Å²) in [6, 6.07) is 0. The van der Waals surface area contributed by atoms with Gasteiger partial charge in [-0.25, -0.2) is 0 Å². The van der Waals surface area contributed by atoms with Gasteiger partial charge in [-0.2, -0.15) is 0 Å². The summed E-state index contributed by atoms with van der Waals surface area (Å²) in [5, 5.41) is 3.22. The minimum absolute atomic E-state index is 1.04. The van der Waals surface area contributed by atoms with E-state index in [9.17, 15) is 0 Å². The molecule has 0 unspecified atom stereocenters. The van der Waals surface area contributed by atoms with Crippen molar-refractivity contribution in [2.45, 2.75) is 26.1 Å². The lowest BCUT2D eigenvalue weighted by Crippen LogP contribution is -2.03. The first-order chi connectivity index (χ1) is 4.91. The molecule has 1 saturated heterocycles. The molecule has 1 heterocycles. The maximum atomic E-state index is 4.96. The van der Waals surface area contributed by atoms with Crippen molar-refractivity contribution in [3.05, 3.63) is 0 Å². The van der Waals surface area contributed by atoms with Gasteiger partial charge in [0, 0.05) is 14.8 Å². The van der Waals surface area contributed by atoms with Crippen molar-refractivity contribution >= 4 is 22.0 Å². The van der Waals surface area contributed by atoms with Crippen molar-refractivity contribution in [3.8, 4) is 0 Å². The van der Waals surface area contributed by atoms with Gasteiger partial charge in [-0.05, 0) is 25.9 Å². The van der Waals surface area contributed by atoms with Crippen molar-refractivity contribution in [1.29, 1.82) is 0 Å². The number of rotatable bonds is 2. The molecule has 10 heavy (non-hydrogen) atoms. The third-order valence-corrected chi connectivity index (χ3v) is 1.33. The normalized spacial score (nSPS) is 15.3. The van der Waals surface area contributed by atoms with E-state index >= 15 is 0 Å². The van der Waals surface area contributed by atoms with Gasteiger partial charge >= 0.3 is 0 Å². The van der Waals surface area contributed by atoms with Gasteiger partial charge in [-0.1, -0.05) is 13.2 Å². The van der Waals surface area contributed by atoms with Crippen LogP contribution < -0.4 is 5.32 Å². The van der Waals surface area contributed by atoms with Crippen LogP contribution in [0.15, 0.2) is 0 Å². The maximum absolute atomic E-state index is 4.96. The monoisotopic (exact) mass is 133 g/mol. The minimum Gasteiger partial charge on any atom is -0.317 e. The lowest BCUT2D eigenvalue weighted by molar-refractivity contribution is 0.857. The summed E-state index contributed by atoms with van der Waals surface area (Å²) >= 11 is 0. The Kier molecular flexibility index (Phi) is 9.30. The molecule has 0 saturated carbocycles. The molecule has 1 N–H and O–H groups in total. The van der Waals surface area contributed by atoms with Crippen LogP contribution in [0, 0.1) is 0 Å². The zero-order chi connectivity index (χ0) is 7.66. The topological polar surface area (TPSA) is 12.0 Å². The summed E-state index contributed by atoms with van der Waals surface area (Å²) in [7, 11) is 8.42. The van der Waals surface area contributed by atoms with Crippen LogP contribution in [-0.4, -0.2) is 35.1 Å². The van der Waals surface area contributed by atoms with Crippen molar-refractivity contribution in [2.24, 2.45) is 0 Å². The average molecular weight is 133 g/mol. The van der Waals surface area contributed by atoms with Gasteiger partial charge < -0.3 is 5.32 Å². The number of hydrogen-bond acceptors (Lipinski definition) is 1. The smallest absolute Gasteiger partial charge is 0.0541 e. The van der Waals surface area contributed by atoms with Crippen molar-refractivity contribution in [3.63, 3.8) is 0 Å². The Morgan fingerprint density at radius 1 is 1.40 bits per heavy atom. The molecule has 4 radical (unpaired) electrons. The van der Waals surface area contributed by atoms with Gasteiger partial charge in [0.2, 0.25) is 0 Å². The van der Waals surface area contributed by atoms with E-state index in [-0.39, 0.29) is 0 Å². The van der Waals surface area contributed by atoms with Gasteiger partial charge in [0.15, 0.2) is 0 Å². The summed E-state index contributed by atoms with van der Waals surface area (Å²) in [6.07, 6.45) is 3.82. The molecule has 0 aliphatic carbocycles. The molecule has 1 rings (SSSR count). The lowest BCUT2D eigenvalue weighted by atomic mass is 9.27. The molecule has 4 heteroatoms. The van der Waals surface area contributed by atoms with E-state index in [0.717, 1.165) is 6.32 Å². The van der Waals surface area contributed by atoms with Crippen LogP contribution in [0.4, 0.5) is 0 Å². The summed E-state index contributed by atoms with van der Waals surface area (Å²) in [5.41, 5.74) is 0. The fraction of sp³-hybridized carbons (Fsp3) is 1.00. The van der Waals surface area contributed by atoms with E-state index in [2.05, 4.69) is 5.32 Å². The Morgan fingerprint density at radius 3 is 2.10 bits per heavy atom. The quantitative estimate of drug-likeness (QED) is 0.530. The number of nitrogens with one attached hydrogen (secondary N) is 1. The van der Waals surface area contributed by atoms with Crippen LogP contribution in [0.1, 0.15) is 19.8 Å². The molecule has 0 aromatic rings. The van der Waals surface area contributed by atoms with Gasteiger partial charge in [-0.15, -0.1) is 0 Å². The predicted octanol–water partition coefficient (Wildman–Crippen LogP) is 0.201. The number of hydrogen-bond donors (Lipinski definition) is 1. The zero-order valence-corrected chi connectivity index (χ0v) is 6.77. The van der Waals surface area contributed by atoms with Gasteiger partial charge in [0.05, 0.1) is 7.17 Å². The van der Waals surface area contributed by atoms with Crippen LogP contribution in [0.3, 0.4) is 0 Å². The Morgan fingerprint density at radius 2 is 2.00 bits per heavy atom.